The van der Waals surface area contributed by atoms with E-state index in [1.54, 1.807) is 19.1 Å². The molecule has 0 aliphatic rings. The predicted octanol–water partition coefficient (Wildman–Crippen LogP) is 5.08. The minimum atomic E-state index is -4.40. The molecule has 1 heterocycles. The summed E-state index contributed by atoms with van der Waals surface area (Å²) in [6.07, 6.45) is -4.40. The van der Waals surface area contributed by atoms with Crippen molar-refractivity contribution in [3.8, 4) is 0 Å². The number of halogens is 4. The highest BCUT2D eigenvalue weighted by Gasteiger charge is 2.35. The van der Waals surface area contributed by atoms with E-state index in [9.17, 15) is 13.2 Å². The average molecular weight is 280 g/mol. The first-order valence-electron chi connectivity index (χ1n) is 4.52. The fourth-order valence-corrected chi connectivity index (χ4v) is 2.38. The highest BCUT2D eigenvalue weighted by molar-refractivity contribution is 7.19. The zero-order chi connectivity index (χ0) is 13.2. The van der Waals surface area contributed by atoms with Gasteiger partial charge in [0.25, 0.3) is 0 Å². The molecule has 0 saturated carbocycles. The van der Waals surface area contributed by atoms with E-state index in [4.69, 9.17) is 11.6 Å². The number of hydrogen-bond acceptors (Lipinski definition) is 2. The maximum atomic E-state index is 12.4. The standard InChI is InChI=1S/C9H5ClF3NS.C2H4/c1-4-2-3-5-7(6(4)10)15-8(14-5)9(11,12)13;1-2/h2-3H,1H3;1-2H2. The summed E-state index contributed by atoms with van der Waals surface area (Å²) in [4.78, 5) is 3.50. The first kappa shape index (κ1) is 14.0. The Balaban J connectivity index is 0.000000686. The summed E-state index contributed by atoms with van der Waals surface area (Å²) in [5.74, 6) is 0. The topological polar surface area (TPSA) is 12.9 Å². The highest BCUT2D eigenvalue weighted by Crippen LogP contribution is 2.38. The Labute approximate surface area is 106 Å². The van der Waals surface area contributed by atoms with Crippen LogP contribution in [-0.2, 0) is 6.18 Å². The summed E-state index contributed by atoms with van der Waals surface area (Å²) < 4.78 is 37.5. The van der Waals surface area contributed by atoms with Crippen molar-refractivity contribution in [1.82, 2.24) is 4.98 Å². The van der Waals surface area contributed by atoms with Gasteiger partial charge in [0.15, 0.2) is 5.01 Å². The molecular formula is C11H9ClF3NS. The molecule has 92 valence electrons. The van der Waals surface area contributed by atoms with Crippen molar-refractivity contribution in [2.75, 3.05) is 0 Å². The molecule has 0 aliphatic heterocycles. The van der Waals surface area contributed by atoms with Crippen LogP contribution in [0.4, 0.5) is 13.2 Å². The number of rotatable bonds is 0. The molecule has 1 aromatic heterocycles. The van der Waals surface area contributed by atoms with Crippen LogP contribution in [0, 0.1) is 6.92 Å². The van der Waals surface area contributed by atoms with Crippen molar-refractivity contribution in [2.45, 2.75) is 13.1 Å². The summed E-state index contributed by atoms with van der Waals surface area (Å²) in [5.41, 5.74) is 1.05. The zero-order valence-corrected chi connectivity index (χ0v) is 10.5. The van der Waals surface area contributed by atoms with Gasteiger partial charge in [-0.2, -0.15) is 13.2 Å². The lowest BCUT2D eigenvalue weighted by atomic mass is 10.2. The Morgan fingerprint density at radius 1 is 1.29 bits per heavy atom. The van der Waals surface area contributed by atoms with Crippen LogP contribution in [0.25, 0.3) is 10.2 Å². The summed E-state index contributed by atoms with van der Waals surface area (Å²) in [7, 11) is 0. The summed E-state index contributed by atoms with van der Waals surface area (Å²) in [6.45, 7) is 7.74. The number of nitrogens with zero attached hydrogens (tertiary/aromatic N) is 1. The molecule has 0 amide bonds. The molecule has 0 aliphatic carbocycles. The normalized spacial score (nSPS) is 11.1. The number of benzene rings is 1. The van der Waals surface area contributed by atoms with Crippen molar-refractivity contribution in [2.24, 2.45) is 0 Å². The molecule has 1 aromatic carbocycles. The van der Waals surface area contributed by atoms with Crippen LogP contribution in [0.2, 0.25) is 5.02 Å². The first-order chi connectivity index (χ1) is 7.89. The van der Waals surface area contributed by atoms with Crippen LogP contribution in [0.3, 0.4) is 0 Å². The van der Waals surface area contributed by atoms with Gasteiger partial charge in [0.05, 0.1) is 15.2 Å². The van der Waals surface area contributed by atoms with Crippen molar-refractivity contribution >= 4 is 33.2 Å². The van der Waals surface area contributed by atoms with Gasteiger partial charge in [-0.1, -0.05) is 17.7 Å². The number of alkyl halides is 3. The fourth-order valence-electron chi connectivity index (χ4n) is 1.18. The molecule has 1 nitrogen and oxygen atoms in total. The van der Waals surface area contributed by atoms with Gasteiger partial charge in [-0.05, 0) is 18.6 Å². The van der Waals surface area contributed by atoms with Crippen molar-refractivity contribution < 1.29 is 13.2 Å². The zero-order valence-electron chi connectivity index (χ0n) is 8.94. The minimum absolute atomic E-state index is 0.294. The maximum Gasteiger partial charge on any atom is 0.443 e. The molecule has 2 rings (SSSR count). The van der Waals surface area contributed by atoms with Crippen LogP contribution in [0.1, 0.15) is 10.6 Å². The Hall–Kier alpha value is -1.07. The lowest BCUT2D eigenvalue weighted by Crippen LogP contribution is -2.03. The lowest BCUT2D eigenvalue weighted by molar-refractivity contribution is -0.137. The lowest BCUT2D eigenvalue weighted by Gasteiger charge is -1.98. The van der Waals surface area contributed by atoms with Gasteiger partial charge in [0.1, 0.15) is 0 Å². The first-order valence-corrected chi connectivity index (χ1v) is 5.72. The predicted molar refractivity (Wildman–Crippen MR) is 65.6 cm³/mol. The van der Waals surface area contributed by atoms with Gasteiger partial charge in [-0.15, -0.1) is 24.5 Å². The van der Waals surface area contributed by atoms with E-state index < -0.39 is 11.2 Å². The molecule has 2 aromatic rings. The van der Waals surface area contributed by atoms with Gasteiger partial charge in [-0.25, -0.2) is 4.98 Å². The molecular weight excluding hydrogens is 271 g/mol. The molecule has 0 bridgehead atoms. The molecule has 0 radical (unpaired) electrons. The van der Waals surface area contributed by atoms with Crippen molar-refractivity contribution in [3.05, 3.63) is 40.9 Å². The summed E-state index contributed by atoms with van der Waals surface area (Å²) in [6, 6.07) is 3.20. The number of aromatic nitrogens is 1. The van der Waals surface area contributed by atoms with E-state index >= 15 is 0 Å². The highest BCUT2D eigenvalue weighted by atomic mass is 35.5. The van der Waals surface area contributed by atoms with E-state index in [1.807, 2.05) is 0 Å². The quantitative estimate of drug-likeness (QED) is 0.613. The molecule has 0 saturated heterocycles. The molecule has 0 unspecified atom stereocenters. The molecule has 0 atom stereocenters. The van der Waals surface area contributed by atoms with Crippen LogP contribution in [0.5, 0.6) is 0 Å². The second-order valence-corrected chi connectivity index (χ2v) is 4.44. The second kappa shape index (κ2) is 5.06. The van der Waals surface area contributed by atoms with Crippen LogP contribution in [0.15, 0.2) is 25.3 Å². The van der Waals surface area contributed by atoms with Crippen LogP contribution < -0.4 is 0 Å². The third kappa shape index (κ3) is 2.79. The van der Waals surface area contributed by atoms with E-state index in [2.05, 4.69) is 18.1 Å². The smallest absolute Gasteiger partial charge is 0.232 e. The molecule has 17 heavy (non-hydrogen) atoms. The maximum absolute atomic E-state index is 12.4. The SMILES string of the molecule is C=C.Cc1ccc2nc(C(F)(F)F)sc2c1Cl. The molecule has 0 N–H and O–H groups in total. The Morgan fingerprint density at radius 3 is 2.41 bits per heavy atom. The summed E-state index contributed by atoms with van der Waals surface area (Å²) in [5, 5.41) is -0.509. The van der Waals surface area contributed by atoms with Crippen molar-refractivity contribution in [3.63, 3.8) is 0 Å². The third-order valence-corrected chi connectivity index (χ3v) is 3.67. The van der Waals surface area contributed by atoms with Gasteiger partial charge < -0.3 is 0 Å². The van der Waals surface area contributed by atoms with E-state index in [-0.39, 0.29) is 0 Å². The van der Waals surface area contributed by atoms with E-state index in [0.717, 1.165) is 5.56 Å². The Bertz CT molecular complexity index is 533. The van der Waals surface area contributed by atoms with Gasteiger partial charge in [0.2, 0.25) is 0 Å². The van der Waals surface area contributed by atoms with Crippen molar-refractivity contribution in [1.29, 1.82) is 0 Å². The molecule has 0 spiro atoms. The summed E-state index contributed by atoms with van der Waals surface area (Å²) >= 11 is 6.47. The van der Waals surface area contributed by atoms with Gasteiger partial charge in [-0.3, -0.25) is 0 Å². The third-order valence-electron chi connectivity index (χ3n) is 1.93. The van der Waals surface area contributed by atoms with E-state index in [1.165, 1.54) is 0 Å². The van der Waals surface area contributed by atoms with E-state index in [0.29, 0.717) is 26.6 Å². The fraction of sp³-hybridized carbons (Fsp3) is 0.182. The number of thiazole rings is 1. The minimum Gasteiger partial charge on any atom is -0.232 e. The monoisotopic (exact) mass is 279 g/mol. The Kier molecular flexibility index (Phi) is 4.16. The number of aryl methyl sites for hydroxylation is 1. The molecule has 0 fully saturated rings. The van der Waals surface area contributed by atoms with Crippen LogP contribution in [-0.4, -0.2) is 4.98 Å². The largest absolute Gasteiger partial charge is 0.443 e. The average Bonchev–Trinajstić information content (AvgIpc) is 2.71. The molecule has 6 heteroatoms. The van der Waals surface area contributed by atoms with Gasteiger partial charge >= 0.3 is 6.18 Å². The number of fused-ring (bicyclic) bond motifs is 1. The van der Waals surface area contributed by atoms with Crippen LogP contribution >= 0.6 is 22.9 Å². The second-order valence-electron chi connectivity index (χ2n) is 3.06. The van der Waals surface area contributed by atoms with Gasteiger partial charge in [0, 0.05) is 0 Å². The number of hydrogen-bond donors (Lipinski definition) is 0. The Morgan fingerprint density at radius 2 is 1.88 bits per heavy atom.